The number of nitrogens with one attached hydrogen (secondary N) is 2. The first-order valence-corrected chi connectivity index (χ1v) is 12.2. The molecule has 7 nitrogen and oxygen atoms in total. The largest absolute Gasteiger partial charge is 0.496 e. The molecular formula is C27H28BrN3O4. The van der Waals surface area contributed by atoms with Crippen LogP contribution < -0.4 is 19.5 Å². The summed E-state index contributed by atoms with van der Waals surface area (Å²) >= 11 is 3.51. The second kappa shape index (κ2) is 8.75. The highest BCUT2D eigenvalue weighted by Crippen LogP contribution is 2.53. The Balaban J connectivity index is 1.79. The van der Waals surface area contributed by atoms with Crippen LogP contribution in [-0.2, 0) is 4.79 Å². The van der Waals surface area contributed by atoms with Crippen LogP contribution in [0.4, 0.5) is 5.82 Å². The Morgan fingerprint density at radius 3 is 2.29 bits per heavy atom. The maximum absolute atomic E-state index is 13.7. The summed E-state index contributed by atoms with van der Waals surface area (Å²) < 4.78 is 18.0. The number of H-pyrrole nitrogens is 1. The summed E-state index contributed by atoms with van der Waals surface area (Å²) in [5.41, 5.74) is 5.08. The van der Waals surface area contributed by atoms with Gasteiger partial charge in [0.15, 0.2) is 23.1 Å². The third-order valence-corrected chi connectivity index (χ3v) is 7.28. The number of anilines is 1. The molecule has 0 bridgehead atoms. The van der Waals surface area contributed by atoms with Crippen LogP contribution in [0.25, 0.3) is 11.3 Å². The molecule has 35 heavy (non-hydrogen) atoms. The van der Waals surface area contributed by atoms with Gasteiger partial charge in [-0.05, 0) is 35.6 Å². The molecule has 1 aliphatic carbocycles. The van der Waals surface area contributed by atoms with E-state index in [-0.39, 0.29) is 11.2 Å². The molecule has 8 heteroatoms. The number of Topliss-reactive ketones (excluding diaryl/α,β-unsaturated/α-hetero) is 1. The number of aromatic nitrogens is 2. The highest BCUT2D eigenvalue weighted by Gasteiger charge is 2.44. The van der Waals surface area contributed by atoms with Gasteiger partial charge in [-0.15, -0.1) is 0 Å². The molecule has 0 amide bonds. The lowest BCUT2D eigenvalue weighted by molar-refractivity contribution is -0.118. The van der Waals surface area contributed by atoms with Crippen LogP contribution in [0.2, 0.25) is 0 Å². The predicted octanol–water partition coefficient (Wildman–Crippen LogP) is 6.07. The van der Waals surface area contributed by atoms with Gasteiger partial charge in [-0.2, -0.15) is 5.10 Å². The Morgan fingerprint density at radius 1 is 0.971 bits per heavy atom. The Kier molecular flexibility index (Phi) is 5.87. The number of carbonyl (C=O) groups excluding carboxylic acids is 1. The molecule has 0 radical (unpaired) electrons. The van der Waals surface area contributed by atoms with Gasteiger partial charge in [-0.25, -0.2) is 0 Å². The first-order chi connectivity index (χ1) is 16.8. The van der Waals surface area contributed by atoms with Crippen molar-refractivity contribution in [3.63, 3.8) is 0 Å². The standard InChI is InChI=1S/C27H28BrN3O4/c1-27(2)12-17-23(18(32)13-27)22(16-10-20(34-4)21(35-5)11-19(16)33-3)24-25(30-31-26(24)29-17)14-6-8-15(28)9-7-14/h6-11,22H,12-13H2,1-5H3,(H2,29,30,31). The average molecular weight is 538 g/mol. The van der Waals surface area contributed by atoms with Crippen molar-refractivity contribution in [3.05, 3.63) is 63.3 Å². The van der Waals surface area contributed by atoms with Gasteiger partial charge in [0.1, 0.15) is 5.75 Å². The Bertz CT molecular complexity index is 1340. The smallest absolute Gasteiger partial charge is 0.164 e. The zero-order valence-corrected chi connectivity index (χ0v) is 22.0. The van der Waals surface area contributed by atoms with Gasteiger partial charge in [-0.3, -0.25) is 9.89 Å². The number of benzene rings is 2. The van der Waals surface area contributed by atoms with Gasteiger partial charge in [0.25, 0.3) is 0 Å². The topological polar surface area (TPSA) is 85.5 Å². The molecule has 1 aliphatic heterocycles. The van der Waals surface area contributed by atoms with Crippen molar-refractivity contribution in [2.45, 2.75) is 32.6 Å². The van der Waals surface area contributed by atoms with Crippen LogP contribution >= 0.6 is 15.9 Å². The Labute approximate surface area is 213 Å². The summed E-state index contributed by atoms with van der Waals surface area (Å²) in [6.45, 7) is 4.24. The fourth-order valence-electron chi connectivity index (χ4n) is 5.22. The van der Waals surface area contributed by atoms with Crippen molar-refractivity contribution < 1.29 is 19.0 Å². The summed E-state index contributed by atoms with van der Waals surface area (Å²) in [4.78, 5) is 13.7. The molecule has 0 fully saturated rings. The summed E-state index contributed by atoms with van der Waals surface area (Å²) in [5, 5.41) is 11.3. The molecule has 1 unspecified atom stereocenters. The van der Waals surface area contributed by atoms with E-state index in [1.165, 1.54) is 0 Å². The van der Waals surface area contributed by atoms with E-state index in [0.717, 1.165) is 44.5 Å². The number of carbonyl (C=O) groups is 1. The number of nitrogens with zero attached hydrogens (tertiary/aromatic N) is 1. The van der Waals surface area contributed by atoms with Gasteiger partial charge < -0.3 is 19.5 Å². The van der Waals surface area contributed by atoms with E-state index in [9.17, 15) is 4.79 Å². The third kappa shape index (κ3) is 3.99. The third-order valence-electron chi connectivity index (χ3n) is 6.75. The van der Waals surface area contributed by atoms with Gasteiger partial charge in [0.2, 0.25) is 0 Å². The number of hydrogen-bond donors (Lipinski definition) is 2. The molecular weight excluding hydrogens is 510 g/mol. The van der Waals surface area contributed by atoms with E-state index in [4.69, 9.17) is 14.2 Å². The first-order valence-electron chi connectivity index (χ1n) is 11.4. The molecule has 1 aromatic heterocycles. The molecule has 2 N–H and O–H groups in total. The van der Waals surface area contributed by atoms with Crippen LogP contribution in [0.1, 0.15) is 43.7 Å². The van der Waals surface area contributed by atoms with Crippen LogP contribution in [0.15, 0.2) is 52.1 Å². The molecule has 0 saturated carbocycles. The van der Waals surface area contributed by atoms with Crippen LogP contribution in [-0.4, -0.2) is 37.3 Å². The van der Waals surface area contributed by atoms with E-state index in [1.807, 2.05) is 36.4 Å². The summed E-state index contributed by atoms with van der Waals surface area (Å²) in [5.74, 6) is 2.20. The summed E-state index contributed by atoms with van der Waals surface area (Å²) in [6, 6.07) is 11.8. The van der Waals surface area contributed by atoms with Gasteiger partial charge in [-0.1, -0.05) is 41.9 Å². The highest BCUT2D eigenvalue weighted by molar-refractivity contribution is 9.10. The van der Waals surface area contributed by atoms with Crippen molar-refractivity contribution in [2.75, 3.05) is 26.6 Å². The van der Waals surface area contributed by atoms with E-state index in [0.29, 0.717) is 29.5 Å². The zero-order valence-electron chi connectivity index (χ0n) is 20.4. The first kappa shape index (κ1) is 23.5. The monoisotopic (exact) mass is 537 g/mol. The van der Waals surface area contributed by atoms with Crippen molar-refractivity contribution in [1.29, 1.82) is 0 Å². The van der Waals surface area contributed by atoms with E-state index in [1.54, 1.807) is 21.3 Å². The normalized spacial score (nSPS) is 18.5. The highest BCUT2D eigenvalue weighted by atomic mass is 79.9. The lowest BCUT2D eigenvalue weighted by Crippen LogP contribution is -2.33. The molecule has 2 heterocycles. The number of hydrogen-bond acceptors (Lipinski definition) is 6. The van der Waals surface area contributed by atoms with Gasteiger partial charge in [0.05, 0.1) is 27.0 Å². The number of ketones is 1. The molecule has 2 aromatic carbocycles. The minimum Gasteiger partial charge on any atom is -0.496 e. The second-order valence-electron chi connectivity index (χ2n) is 9.71. The summed E-state index contributed by atoms with van der Waals surface area (Å²) in [6.07, 6.45) is 1.22. The molecule has 0 saturated heterocycles. The maximum atomic E-state index is 13.7. The van der Waals surface area contributed by atoms with Crippen LogP contribution in [0, 0.1) is 5.41 Å². The summed E-state index contributed by atoms with van der Waals surface area (Å²) in [7, 11) is 4.82. The van der Waals surface area contributed by atoms with Crippen molar-refractivity contribution >= 4 is 27.5 Å². The number of allylic oxidation sites excluding steroid dienone is 2. The van der Waals surface area contributed by atoms with E-state index >= 15 is 0 Å². The maximum Gasteiger partial charge on any atom is 0.164 e. The van der Waals surface area contributed by atoms with Crippen molar-refractivity contribution in [1.82, 2.24) is 10.2 Å². The SMILES string of the molecule is COc1cc(OC)c(C2C3=C(CC(C)(C)CC3=O)Nc3n[nH]c(-c4ccc(Br)cc4)c32)cc1OC. The molecule has 2 aliphatic rings. The van der Waals surface area contributed by atoms with Crippen molar-refractivity contribution in [2.24, 2.45) is 5.41 Å². The number of ether oxygens (including phenoxy) is 3. The predicted molar refractivity (Wildman–Crippen MR) is 138 cm³/mol. The van der Waals surface area contributed by atoms with Gasteiger partial charge in [0, 0.05) is 45.3 Å². The minimum absolute atomic E-state index is 0.124. The fourth-order valence-corrected chi connectivity index (χ4v) is 5.49. The van der Waals surface area contributed by atoms with Gasteiger partial charge >= 0.3 is 0 Å². The molecule has 3 aromatic rings. The van der Waals surface area contributed by atoms with E-state index in [2.05, 4.69) is 45.3 Å². The quantitative estimate of drug-likeness (QED) is 0.411. The number of halogens is 1. The van der Waals surface area contributed by atoms with E-state index < -0.39 is 5.92 Å². The number of fused-ring (bicyclic) bond motifs is 1. The van der Waals surface area contributed by atoms with Crippen LogP contribution in [0.5, 0.6) is 17.2 Å². The van der Waals surface area contributed by atoms with Crippen molar-refractivity contribution in [3.8, 4) is 28.5 Å². The lowest BCUT2D eigenvalue weighted by atomic mass is 9.68. The number of rotatable bonds is 5. The molecule has 5 rings (SSSR count). The number of aromatic amines is 1. The Hall–Kier alpha value is -3.26. The zero-order chi connectivity index (χ0) is 24.9. The fraction of sp³-hybridized carbons (Fsp3) is 0.333. The Morgan fingerprint density at radius 2 is 1.63 bits per heavy atom. The second-order valence-corrected chi connectivity index (χ2v) is 10.6. The lowest BCUT2D eigenvalue weighted by Gasteiger charge is -2.38. The molecule has 182 valence electrons. The number of methoxy groups -OCH3 is 3. The average Bonchev–Trinajstić information content (AvgIpc) is 3.25. The molecule has 1 atom stereocenters. The molecule has 0 spiro atoms. The minimum atomic E-state index is -0.392. The van der Waals surface area contributed by atoms with Crippen LogP contribution in [0.3, 0.4) is 0 Å².